The van der Waals surface area contributed by atoms with E-state index in [-0.39, 0.29) is 12.3 Å². The second kappa shape index (κ2) is 56.2. The number of rotatable bonds is 57. The third-order valence-electron chi connectivity index (χ3n) is 22.9. The van der Waals surface area contributed by atoms with Gasteiger partial charge in [-0.2, -0.15) is 0 Å². The van der Waals surface area contributed by atoms with E-state index in [1.165, 1.54) is 155 Å². The molecule has 0 spiro atoms. The number of ether oxygens (including phenoxy) is 12. The van der Waals surface area contributed by atoms with E-state index in [1.54, 1.807) is 6.08 Å². The summed E-state index contributed by atoms with van der Waals surface area (Å²) in [5.74, 6) is -1.20. The van der Waals surface area contributed by atoms with Crippen molar-refractivity contribution in [3.05, 3.63) is 24.3 Å². The molecular weight excluding hydrogens is 1520 g/mol. The van der Waals surface area contributed by atoms with Gasteiger partial charge in [-0.05, 0) is 51.9 Å². The lowest BCUT2D eigenvalue weighted by molar-refractivity contribution is -0.393. The minimum absolute atomic E-state index is 0.183. The van der Waals surface area contributed by atoms with E-state index in [9.17, 15) is 102 Å². The van der Waals surface area contributed by atoms with E-state index >= 15 is 0 Å². The Labute approximate surface area is 684 Å². The van der Waals surface area contributed by atoms with Crippen molar-refractivity contribution in [1.82, 2.24) is 10.6 Å². The molecule has 6 aliphatic rings. The highest BCUT2D eigenvalue weighted by Gasteiger charge is 2.58. The molecule has 0 aromatic heterocycles. The van der Waals surface area contributed by atoms with Crippen LogP contribution in [-0.2, 0) is 66.4 Å². The zero-order chi connectivity index (χ0) is 84.6. The second-order valence-corrected chi connectivity index (χ2v) is 32.4. The molecule has 0 aromatic rings. The van der Waals surface area contributed by atoms with Gasteiger partial charge in [-0.15, -0.1) is 0 Å². The topological polar surface area (TPSA) is 533 Å². The summed E-state index contributed by atoms with van der Waals surface area (Å²) in [5, 5.41) is 206. The van der Waals surface area contributed by atoms with Crippen LogP contribution in [0.4, 0.5) is 0 Å². The number of carbonyl (C=O) groups is 2. The molecule has 20 N–H and O–H groups in total. The van der Waals surface area contributed by atoms with Gasteiger partial charge in [-0.3, -0.25) is 9.59 Å². The molecule has 6 fully saturated rings. The van der Waals surface area contributed by atoms with Gasteiger partial charge in [0.25, 0.3) is 0 Å². The second-order valence-electron chi connectivity index (χ2n) is 32.4. The summed E-state index contributed by atoms with van der Waals surface area (Å²) in [7, 11) is 0. The molecule has 0 radical (unpaired) electrons. The molecule has 6 saturated heterocycles. The molecule has 0 saturated carbocycles. The summed E-state index contributed by atoms with van der Waals surface area (Å²) >= 11 is 0. The molecule has 116 heavy (non-hydrogen) atoms. The van der Waals surface area contributed by atoms with Gasteiger partial charge in [0.15, 0.2) is 37.7 Å². The number of unbranched alkanes of at least 4 members (excludes halogenated alkanes) is 30. The first kappa shape index (κ1) is 102. The Balaban J connectivity index is 1.03. The molecule has 2 amide bonds. The quantitative estimate of drug-likeness (QED) is 0.0302. The van der Waals surface area contributed by atoms with Crippen molar-refractivity contribution in [1.29, 1.82) is 0 Å². The van der Waals surface area contributed by atoms with Crippen molar-refractivity contribution in [2.45, 2.75) is 442 Å². The van der Waals surface area contributed by atoms with Gasteiger partial charge < -0.3 is 159 Å². The van der Waals surface area contributed by atoms with Crippen molar-refractivity contribution in [2.75, 3.05) is 39.6 Å². The van der Waals surface area contributed by atoms with Crippen LogP contribution in [0.2, 0.25) is 0 Å². The van der Waals surface area contributed by atoms with Crippen LogP contribution < -0.4 is 10.6 Å². The maximum Gasteiger partial charge on any atom is 0.220 e. The van der Waals surface area contributed by atoms with Crippen LogP contribution in [0.25, 0.3) is 0 Å². The summed E-state index contributed by atoms with van der Waals surface area (Å²) < 4.78 is 70.8. The number of carbonyl (C=O) groups excluding carboxylic acids is 2. The zero-order valence-electron chi connectivity index (χ0n) is 68.8. The number of allylic oxidation sites excluding steroid dienone is 3. The van der Waals surface area contributed by atoms with Crippen LogP contribution in [0.1, 0.15) is 246 Å². The fourth-order valence-electron chi connectivity index (χ4n) is 15.7. The molecule has 678 valence electrons. The third kappa shape index (κ3) is 32.4. The number of aliphatic hydroxyl groups is 18. The Bertz CT molecular complexity index is 2650. The minimum atomic E-state index is -2.26. The van der Waals surface area contributed by atoms with Crippen molar-refractivity contribution >= 4 is 11.8 Å². The van der Waals surface area contributed by atoms with Crippen molar-refractivity contribution in [3.8, 4) is 0 Å². The fraction of sp³-hybridized carbons (Fsp3) is 0.927. The number of hydrogen-bond donors (Lipinski definition) is 20. The molecule has 6 rings (SSSR count). The normalized spacial score (nSPS) is 36.5. The summed E-state index contributed by atoms with van der Waals surface area (Å²) in [4.78, 5) is 26.6. The highest BCUT2D eigenvalue weighted by Crippen LogP contribution is 2.38. The fourth-order valence-corrected chi connectivity index (χ4v) is 15.7. The van der Waals surface area contributed by atoms with Crippen molar-refractivity contribution in [2.24, 2.45) is 0 Å². The minimum Gasteiger partial charge on any atom is -0.394 e. The Morgan fingerprint density at radius 2 is 0.707 bits per heavy atom. The molecule has 6 heterocycles. The first-order valence-corrected chi connectivity index (χ1v) is 43.5. The maximum atomic E-state index is 13.6. The van der Waals surface area contributed by atoms with Crippen LogP contribution in [0.15, 0.2) is 24.3 Å². The largest absolute Gasteiger partial charge is 0.394 e. The van der Waals surface area contributed by atoms with E-state index in [4.69, 9.17) is 56.8 Å². The van der Waals surface area contributed by atoms with Gasteiger partial charge in [0.05, 0.1) is 57.9 Å². The maximum absolute atomic E-state index is 13.6. The molecule has 32 atom stereocenters. The van der Waals surface area contributed by atoms with Crippen LogP contribution in [0.3, 0.4) is 0 Å². The van der Waals surface area contributed by atoms with E-state index in [1.807, 2.05) is 6.08 Å². The smallest absolute Gasteiger partial charge is 0.220 e. The van der Waals surface area contributed by atoms with E-state index in [0.717, 1.165) is 58.3 Å². The SMILES string of the molecule is CCCCCCCC/C=C\CCCCCCCCCCCCCCCC(=O)N[C@@H](CO[C@@H]1OC(CO)[C@@H](O[C@@H]2OC(CO)[C@H](O[C@@H]3OC(CO)[C@H](O)[C@H](O[C@@H]4OC(CO)[C@H](O)[C@H](O[C@@H]5OC(CO)[C@H](O)[C@H](O)C5O[C@H]5OC(C)[C@@H](O)C(O)[C@@H]5O)C4NC(C)=O)C3O)[C@H](O)C2O)[C@H](O)C1O)[C@H](O)/C=C/CCCCCCCCCCCCC. The molecular formula is C82H148N2O32. The Hall–Kier alpha value is -2.78. The Morgan fingerprint density at radius 1 is 0.353 bits per heavy atom. The number of hydrogen-bond acceptors (Lipinski definition) is 32. The van der Waals surface area contributed by atoms with Crippen molar-refractivity contribution in [3.63, 3.8) is 0 Å². The first-order chi connectivity index (χ1) is 55.9. The van der Waals surface area contributed by atoms with Gasteiger partial charge in [0.1, 0.15) is 140 Å². The highest BCUT2D eigenvalue weighted by molar-refractivity contribution is 5.76. The molecule has 34 heteroatoms. The van der Waals surface area contributed by atoms with Gasteiger partial charge in [-0.25, -0.2) is 0 Å². The number of nitrogens with one attached hydrogen (secondary N) is 2. The molecule has 0 aliphatic carbocycles. The Morgan fingerprint density at radius 3 is 1.19 bits per heavy atom. The van der Waals surface area contributed by atoms with Gasteiger partial charge in [0.2, 0.25) is 11.8 Å². The number of aliphatic hydroxyl groups excluding tert-OH is 18. The van der Waals surface area contributed by atoms with Crippen LogP contribution in [0.5, 0.6) is 0 Å². The van der Waals surface area contributed by atoms with Gasteiger partial charge in [0, 0.05) is 13.3 Å². The lowest BCUT2D eigenvalue weighted by Crippen LogP contribution is -2.70. The molecule has 0 bridgehead atoms. The summed E-state index contributed by atoms with van der Waals surface area (Å²) in [6.07, 6.45) is -9.38. The standard InChI is InChI=1S/C82H148N2O32/c1-5-7-9-11-13-15-17-19-20-21-22-23-24-25-26-27-28-30-32-34-36-38-40-42-58(92)84-51(52(91)41-39-37-35-33-31-29-18-16-14-12-10-8-6-2)48-105-78-69(102)66(99)72(56(46-88)110-78)112-80-70(103)67(100)73(57(47-89)111-80)113-81-71(104)75(63(96)55(45-87)108-81)115-77-59(83-50(4)90)74(62(95)54(44-86)107-77)114-82-76(65(98)61(94)53(43-85)109-82)116-79-68(101)64(97)60(93)49(3)106-79/h19-20,39,41,49,51-57,59-82,85-89,91,93-104H,5-18,21-38,40,42-48H2,1-4H3,(H,83,90)(H,84,92)/b20-19-,41-39+/t49?,51-,52+,53?,54?,55?,56?,57?,59?,60+,61-,62-,63-,64?,65-,66+,67+,68-,69?,70?,71?,72+,73-,74+,75-,76?,77-,78+,79+,80-,81-,82-/m0/s1. The van der Waals surface area contributed by atoms with E-state index in [2.05, 4.69) is 36.6 Å². The van der Waals surface area contributed by atoms with E-state index < -0.39 is 242 Å². The highest BCUT2D eigenvalue weighted by atomic mass is 16.8. The first-order valence-electron chi connectivity index (χ1n) is 43.5. The van der Waals surface area contributed by atoms with Crippen molar-refractivity contribution < 1.29 is 158 Å². The van der Waals surface area contributed by atoms with E-state index in [0.29, 0.717) is 12.8 Å². The predicted molar refractivity (Wildman–Crippen MR) is 418 cm³/mol. The predicted octanol–water partition coefficient (Wildman–Crippen LogP) is 1.36. The average Bonchev–Trinajstić information content (AvgIpc) is 0.763. The number of amides is 2. The van der Waals surface area contributed by atoms with Crippen LogP contribution in [-0.4, -0.2) is 340 Å². The Kier molecular flexibility index (Phi) is 49.4. The summed E-state index contributed by atoms with van der Waals surface area (Å²) in [6.45, 7) is 1.37. The zero-order valence-corrected chi connectivity index (χ0v) is 68.8. The molecule has 0 aromatic carbocycles. The summed E-state index contributed by atoms with van der Waals surface area (Å²) in [6, 6.07) is -2.87. The van der Waals surface area contributed by atoms with Gasteiger partial charge >= 0.3 is 0 Å². The third-order valence-corrected chi connectivity index (χ3v) is 22.9. The van der Waals surface area contributed by atoms with Crippen LogP contribution >= 0.6 is 0 Å². The average molecular weight is 1670 g/mol. The summed E-state index contributed by atoms with van der Waals surface area (Å²) in [5.41, 5.74) is 0. The monoisotopic (exact) mass is 1670 g/mol. The molecule has 12 unspecified atom stereocenters. The molecule has 6 aliphatic heterocycles. The lowest BCUT2D eigenvalue weighted by atomic mass is 9.94. The lowest BCUT2D eigenvalue weighted by Gasteiger charge is -2.51. The van der Waals surface area contributed by atoms with Crippen LogP contribution in [0, 0.1) is 0 Å². The van der Waals surface area contributed by atoms with Gasteiger partial charge in [-0.1, -0.05) is 205 Å². The molecule has 34 nitrogen and oxygen atoms in total.